The lowest BCUT2D eigenvalue weighted by Crippen LogP contribution is -2.37. The van der Waals surface area contributed by atoms with Gasteiger partial charge in [-0.25, -0.2) is 9.18 Å². The highest BCUT2D eigenvalue weighted by Crippen LogP contribution is 2.22. The Morgan fingerprint density at radius 3 is 2.60 bits per heavy atom. The summed E-state index contributed by atoms with van der Waals surface area (Å²) < 4.78 is 23.4. The van der Waals surface area contributed by atoms with Crippen molar-refractivity contribution in [1.82, 2.24) is 5.32 Å². The maximum Gasteiger partial charge on any atom is 0.408 e. The second-order valence-corrected chi connectivity index (χ2v) is 5.33. The quantitative estimate of drug-likeness (QED) is 0.890. The van der Waals surface area contributed by atoms with Crippen LogP contribution in [0.1, 0.15) is 32.4 Å². The van der Waals surface area contributed by atoms with Gasteiger partial charge in [0, 0.05) is 6.54 Å². The lowest BCUT2D eigenvalue weighted by atomic mass is 10.1. The number of hydrogen-bond donors (Lipinski definition) is 2. The van der Waals surface area contributed by atoms with Gasteiger partial charge >= 0.3 is 6.09 Å². The Kier molecular flexibility index (Phi) is 5.33. The molecule has 20 heavy (non-hydrogen) atoms. The van der Waals surface area contributed by atoms with E-state index in [1.165, 1.54) is 19.2 Å². The first-order valence-corrected chi connectivity index (χ1v) is 6.30. The monoisotopic (exact) mass is 284 g/mol. The summed E-state index contributed by atoms with van der Waals surface area (Å²) in [6.07, 6.45) is -0.573. The number of carbonyl (C=O) groups is 1. The molecule has 1 unspecified atom stereocenters. The zero-order valence-electron chi connectivity index (χ0n) is 12.2. The molecular formula is C14H21FN2O3. The molecule has 5 nitrogen and oxygen atoms in total. The molecule has 1 rings (SSSR count). The summed E-state index contributed by atoms with van der Waals surface area (Å²) in [5.74, 6) is -0.365. The van der Waals surface area contributed by atoms with E-state index < -0.39 is 23.6 Å². The third-order valence-corrected chi connectivity index (χ3v) is 2.50. The van der Waals surface area contributed by atoms with Crippen LogP contribution in [0.5, 0.6) is 5.75 Å². The molecule has 0 saturated heterocycles. The summed E-state index contributed by atoms with van der Waals surface area (Å²) in [5, 5.41) is 2.65. The van der Waals surface area contributed by atoms with Gasteiger partial charge in [-0.1, -0.05) is 6.07 Å². The maximum absolute atomic E-state index is 13.4. The summed E-state index contributed by atoms with van der Waals surface area (Å²) in [5.41, 5.74) is 5.70. The fourth-order valence-electron chi connectivity index (χ4n) is 1.62. The van der Waals surface area contributed by atoms with Gasteiger partial charge < -0.3 is 20.5 Å². The largest absolute Gasteiger partial charge is 0.494 e. The molecule has 0 radical (unpaired) electrons. The van der Waals surface area contributed by atoms with Crippen molar-refractivity contribution in [2.75, 3.05) is 13.7 Å². The van der Waals surface area contributed by atoms with Gasteiger partial charge in [-0.15, -0.1) is 0 Å². The van der Waals surface area contributed by atoms with E-state index in [0.717, 1.165) is 0 Å². The molecule has 0 spiro atoms. The summed E-state index contributed by atoms with van der Waals surface area (Å²) in [4.78, 5) is 11.7. The molecule has 0 fully saturated rings. The summed E-state index contributed by atoms with van der Waals surface area (Å²) in [7, 11) is 1.38. The zero-order valence-corrected chi connectivity index (χ0v) is 12.2. The number of ether oxygens (including phenoxy) is 2. The highest BCUT2D eigenvalue weighted by molar-refractivity contribution is 5.68. The third-order valence-electron chi connectivity index (χ3n) is 2.50. The van der Waals surface area contributed by atoms with E-state index in [4.69, 9.17) is 15.2 Å². The molecule has 112 valence electrons. The first-order chi connectivity index (χ1) is 9.26. The van der Waals surface area contributed by atoms with E-state index in [0.29, 0.717) is 5.56 Å². The normalized spacial score (nSPS) is 12.7. The van der Waals surface area contributed by atoms with Gasteiger partial charge in [-0.2, -0.15) is 0 Å². The molecule has 0 aliphatic heterocycles. The van der Waals surface area contributed by atoms with Gasteiger partial charge in [0.05, 0.1) is 13.2 Å². The number of methoxy groups -OCH3 is 1. The van der Waals surface area contributed by atoms with Crippen LogP contribution >= 0.6 is 0 Å². The van der Waals surface area contributed by atoms with Gasteiger partial charge in [-0.3, -0.25) is 0 Å². The molecular weight excluding hydrogens is 263 g/mol. The number of halogens is 1. The van der Waals surface area contributed by atoms with Crippen LogP contribution < -0.4 is 15.8 Å². The molecule has 0 aliphatic rings. The Bertz CT molecular complexity index is 472. The summed E-state index contributed by atoms with van der Waals surface area (Å²) in [6.45, 7) is 5.47. The Labute approximate surface area is 118 Å². The van der Waals surface area contributed by atoms with E-state index in [1.807, 2.05) is 0 Å². The minimum absolute atomic E-state index is 0.104. The molecule has 0 heterocycles. The van der Waals surface area contributed by atoms with Gasteiger partial charge in [0.25, 0.3) is 0 Å². The van der Waals surface area contributed by atoms with Gasteiger partial charge in [0.15, 0.2) is 11.6 Å². The van der Waals surface area contributed by atoms with Crippen LogP contribution in [-0.2, 0) is 4.74 Å². The molecule has 1 amide bonds. The van der Waals surface area contributed by atoms with E-state index in [1.54, 1.807) is 26.8 Å². The molecule has 0 bridgehead atoms. The predicted octanol–water partition coefficient (Wildman–Crippen LogP) is 2.36. The van der Waals surface area contributed by atoms with E-state index in [9.17, 15) is 9.18 Å². The maximum atomic E-state index is 13.4. The molecule has 1 aromatic rings. The van der Waals surface area contributed by atoms with Gasteiger partial charge in [-0.05, 0) is 38.5 Å². The zero-order chi connectivity index (χ0) is 15.3. The van der Waals surface area contributed by atoms with Crippen molar-refractivity contribution in [3.05, 3.63) is 29.6 Å². The van der Waals surface area contributed by atoms with Crippen LogP contribution in [0.3, 0.4) is 0 Å². The lowest BCUT2D eigenvalue weighted by Gasteiger charge is -2.23. The highest BCUT2D eigenvalue weighted by Gasteiger charge is 2.20. The average Bonchev–Trinajstić information content (AvgIpc) is 2.34. The number of nitrogens with one attached hydrogen (secondary N) is 1. The number of benzene rings is 1. The van der Waals surface area contributed by atoms with Gasteiger partial charge in [0.2, 0.25) is 0 Å². The number of amides is 1. The molecule has 1 aromatic carbocycles. The topological polar surface area (TPSA) is 73.6 Å². The highest BCUT2D eigenvalue weighted by atomic mass is 19.1. The van der Waals surface area contributed by atoms with Crippen LogP contribution in [0, 0.1) is 5.82 Å². The first-order valence-electron chi connectivity index (χ1n) is 6.30. The summed E-state index contributed by atoms with van der Waals surface area (Å²) in [6, 6.07) is 3.85. The second-order valence-electron chi connectivity index (χ2n) is 5.33. The SMILES string of the molecule is COc1cc(C(CN)NC(=O)OC(C)(C)C)ccc1F. The number of alkyl carbamates (subject to hydrolysis) is 1. The average molecular weight is 284 g/mol. The van der Waals surface area contributed by atoms with Crippen molar-refractivity contribution < 1.29 is 18.7 Å². The molecule has 0 aliphatic carbocycles. The Balaban J connectivity index is 2.83. The van der Waals surface area contributed by atoms with Crippen LogP contribution in [-0.4, -0.2) is 25.3 Å². The number of carbonyl (C=O) groups excluding carboxylic acids is 1. The lowest BCUT2D eigenvalue weighted by molar-refractivity contribution is 0.0505. The Hall–Kier alpha value is -1.82. The van der Waals surface area contributed by atoms with Crippen molar-refractivity contribution in [3.63, 3.8) is 0 Å². The van der Waals surface area contributed by atoms with E-state index in [-0.39, 0.29) is 12.3 Å². The number of rotatable bonds is 4. The Morgan fingerprint density at radius 2 is 2.10 bits per heavy atom. The smallest absolute Gasteiger partial charge is 0.408 e. The molecule has 3 N–H and O–H groups in total. The predicted molar refractivity (Wildman–Crippen MR) is 74.1 cm³/mol. The van der Waals surface area contributed by atoms with Crippen molar-refractivity contribution in [2.45, 2.75) is 32.4 Å². The van der Waals surface area contributed by atoms with Crippen LogP contribution in [0.15, 0.2) is 18.2 Å². The van der Waals surface area contributed by atoms with Crippen LogP contribution in [0.4, 0.5) is 9.18 Å². The second kappa shape index (κ2) is 6.56. The molecule has 0 saturated carbocycles. The molecule has 1 atom stereocenters. The standard InChI is InChI=1S/C14H21FN2O3/c1-14(2,3)20-13(18)17-11(8-16)9-5-6-10(15)12(7-9)19-4/h5-7,11H,8,16H2,1-4H3,(H,17,18). The summed E-state index contributed by atoms with van der Waals surface area (Å²) >= 11 is 0. The molecule has 0 aromatic heterocycles. The van der Waals surface area contributed by atoms with Crippen molar-refractivity contribution >= 4 is 6.09 Å². The van der Waals surface area contributed by atoms with Crippen molar-refractivity contribution in [3.8, 4) is 5.75 Å². The number of nitrogens with two attached hydrogens (primary N) is 1. The first kappa shape index (κ1) is 16.2. The van der Waals surface area contributed by atoms with E-state index >= 15 is 0 Å². The minimum Gasteiger partial charge on any atom is -0.494 e. The van der Waals surface area contributed by atoms with Crippen LogP contribution in [0.25, 0.3) is 0 Å². The minimum atomic E-state index is -0.594. The Morgan fingerprint density at radius 1 is 1.45 bits per heavy atom. The molecule has 6 heteroatoms. The van der Waals surface area contributed by atoms with Crippen molar-refractivity contribution in [2.24, 2.45) is 5.73 Å². The number of hydrogen-bond acceptors (Lipinski definition) is 4. The fourth-order valence-corrected chi connectivity index (χ4v) is 1.62. The van der Waals surface area contributed by atoms with E-state index in [2.05, 4.69) is 5.32 Å². The van der Waals surface area contributed by atoms with Crippen molar-refractivity contribution in [1.29, 1.82) is 0 Å². The third kappa shape index (κ3) is 4.70. The fraction of sp³-hybridized carbons (Fsp3) is 0.500. The van der Waals surface area contributed by atoms with Gasteiger partial charge in [0.1, 0.15) is 5.60 Å². The van der Waals surface area contributed by atoms with Crippen LogP contribution in [0.2, 0.25) is 0 Å².